The summed E-state index contributed by atoms with van der Waals surface area (Å²) in [5.74, 6) is 0. The Labute approximate surface area is 236 Å². The first kappa shape index (κ1) is 26.0. The second-order valence-corrected chi connectivity index (χ2v) is 10.7. The van der Waals surface area contributed by atoms with Crippen molar-refractivity contribution in [2.45, 2.75) is 9.79 Å². The van der Waals surface area contributed by atoms with Crippen molar-refractivity contribution in [2.75, 3.05) is 0 Å². The minimum absolute atomic E-state index is 0.359. The topological polar surface area (TPSA) is 47.6 Å². The lowest BCUT2D eigenvalue weighted by Crippen LogP contribution is -1.90. The Morgan fingerprint density at radius 3 is 1.26 bits per heavy atom. The molecule has 0 bridgehead atoms. The lowest BCUT2D eigenvalue weighted by molar-refractivity contribution is 1.40. The van der Waals surface area contributed by atoms with Crippen LogP contribution >= 0.6 is 81.4 Å². The predicted octanol–water partition coefficient (Wildman–Crippen LogP) is 10.8. The number of halogens is 6. The second-order valence-electron chi connectivity index (χ2n) is 7.18. The highest BCUT2D eigenvalue weighted by Gasteiger charge is 2.20. The highest BCUT2D eigenvalue weighted by molar-refractivity contribution is 7.99. The zero-order chi connectivity index (χ0) is 25.3. The molecule has 4 aromatic carbocycles. The van der Waals surface area contributed by atoms with Crippen molar-refractivity contribution < 1.29 is 0 Å². The van der Waals surface area contributed by atoms with Crippen LogP contribution in [0.1, 0.15) is 11.1 Å². The Morgan fingerprint density at radius 2 is 0.914 bits per heavy atom. The van der Waals surface area contributed by atoms with Crippen LogP contribution in [0.25, 0.3) is 22.3 Å². The van der Waals surface area contributed by atoms with Crippen molar-refractivity contribution in [1.82, 2.24) is 0 Å². The maximum absolute atomic E-state index is 9.13. The van der Waals surface area contributed by atoms with Crippen LogP contribution in [-0.2, 0) is 0 Å². The molecule has 35 heavy (non-hydrogen) atoms. The molecule has 0 saturated carbocycles. The van der Waals surface area contributed by atoms with Gasteiger partial charge >= 0.3 is 0 Å². The Hall–Kier alpha value is -2.05. The molecule has 4 aromatic rings. The molecular formula is C26H10Cl6N2S. The van der Waals surface area contributed by atoms with Gasteiger partial charge in [-0.15, -0.1) is 0 Å². The van der Waals surface area contributed by atoms with Gasteiger partial charge in [-0.3, -0.25) is 0 Å². The molecule has 2 nitrogen and oxygen atoms in total. The van der Waals surface area contributed by atoms with Crippen LogP contribution in [0.4, 0.5) is 0 Å². The van der Waals surface area contributed by atoms with E-state index in [1.165, 1.54) is 11.8 Å². The van der Waals surface area contributed by atoms with Gasteiger partial charge in [0, 0.05) is 42.1 Å². The summed E-state index contributed by atoms with van der Waals surface area (Å²) < 4.78 is 0. The van der Waals surface area contributed by atoms with Crippen LogP contribution in [0.5, 0.6) is 0 Å². The fraction of sp³-hybridized carbons (Fsp3) is 0. The maximum atomic E-state index is 9.13. The molecule has 0 fully saturated rings. The Kier molecular flexibility index (Phi) is 8.12. The maximum Gasteiger partial charge on any atom is 0.0992 e. The normalized spacial score (nSPS) is 10.6. The summed E-state index contributed by atoms with van der Waals surface area (Å²) in [4.78, 5) is 1.38. The molecule has 0 radical (unpaired) electrons. The van der Waals surface area contributed by atoms with Crippen LogP contribution in [-0.4, -0.2) is 0 Å². The van der Waals surface area contributed by atoms with E-state index in [4.69, 9.17) is 80.1 Å². The van der Waals surface area contributed by atoms with Gasteiger partial charge in [0.05, 0.1) is 43.4 Å². The molecule has 0 unspecified atom stereocenters. The quantitative estimate of drug-likeness (QED) is 0.236. The minimum atomic E-state index is 0.359. The monoisotopic (exact) mass is 592 g/mol. The average molecular weight is 595 g/mol. The lowest BCUT2D eigenvalue weighted by Gasteiger charge is -2.16. The summed E-state index contributed by atoms with van der Waals surface area (Å²) in [6.07, 6.45) is 0. The molecule has 0 amide bonds. The molecule has 0 atom stereocenters. The molecule has 0 spiro atoms. The number of nitriles is 2. The SMILES string of the molecule is N#Cc1ccc(-c2c(Cl)ccc(Sc3ccc(Cl)c(-c4ccc(C#N)cc4Cl)c3Cl)c2Cl)c(Cl)c1. The van der Waals surface area contributed by atoms with E-state index in [1.54, 1.807) is 60.7 Å². The molecule has 0 N–H and O–H groups in total. The van der Waals surface area contributed by atoms with Gasteiger partial charge in [0.2, 0.25) is 0 Å². The summed E-state index contributed by atoms with van der Waals surface area (Å²) in [6, 6.07) is 21.0. The minimum Gasteiger partial charge on any atom is -0.192 e. The summed E-state index contributed by atoms with van der Waals surface area (Å²) in [5, 5.41) is 20.6. The number of nitrogens with zero attached hydrogens (tertiary/aromatic N) is 2. The summed E-state index contributed by atoms with van der Waals surface area (Å²) in [6.45, 7) is 0. The van der Waals surface area contributed by atoms with Crippen molar-refractivity contribution in [3.05, 3.63) is 102 Å². The smallest absolute Gasteiger partial charge is 0.0992 e. The van der Waals surface area contributed by atoms with Crippen molar-refractivity contribution in [1.29, 1.82) is 10.5 Å². The molecule has 4 rings (SSSR count). The molecular weight excluding hydrogens is 585 g/mol. The number of benzene rings is 4. The molecule has 172 valence electrons. The van der Waals surface area contributed by atoms with Crippen LogP contribution in [0.15, 0.2) is 70.5 Å². The first-order chi connectivity index (χ1) is 16.7. The van der Waals surface area contributed by atoms with Gasteiger partial charge in [0.1, 0.15) is 0 Å². The van der Waals surface area contributed by atoms with E-state index in [0.717, 1.165) is 0 Å². The zero-order valence-corrected chi connectivity index (χ0v) is 22.7. The molecule has 0 aliphatic carbocycles. The Morgan fingerprint density at radius 1 is 0.514 bits per heavy atom. The second kappa shape index (κ2) is 10.9. The van der Waals surface area contributed by atoms with Gasteiger partial charge in [0.15, 0.2) is 0 Å². The first-order valence-electron chi connectivity index (χ1n) is 9.79. The standard InChI is InChI=1S/C26H10Cl6N2S/c27-17-5-7-21(25(31)23(17)15-3-1-13(11-33)9-19(15)29)35-22-8-6-18(28)24(26(22)32)16-4-2-14(12-34)10-20(16)30/h1-10H. The predicted molar refractivity (Wildman–Crippen MR) is 147 cm³/mol. The van der Waals surface area contributed by atoms with Crippen molar-refractivity contribution in [3.8, 4) is 34.4 Å². The highest BCUT2D eigenvalue weighted by atomic mass is 35.5. The van der Waals surface area contributed by atoms with E-state index in [2.05, 4.69) is 12.1 Å². The van der Waals surface area contributed by atoms with Crippen molar-refractivity contribution in [2.24, 2.45) is 0 Å². The van der Waals surface area contributed by atoms with Gasteiger partial charge in [-0.2, -0.15) is 10.5 Å². The van der Waals surface area contributed by atoms with Crippen molar-refractivity contribution in [3.63, 3.8) is 0 Å². The van der Waals surface area contributed by atoms with Gasteiger partial charge < -0.3 is 0 Å². The third-order valence-electron chi connectivity index (χ3n) is 5.07. The first-order valence-corrected chi connectivity index (χ1v) is 12.9. The van der Waals surface area contributed by atoms with Crippen LogP contribution in [0.2, 0.25) is 30.1 Å². The van der Waals surface area contributed by atoms with E-state index < -0.39 is 0 Å². The fourth-order valence-electron chi connectivity index (χ4n) is 3.41. The van der Waals surface area contributed by atoms with E-state index in [1.807, 2.05) is 0 Å². The Bertz CT molecular complexity index is 1450. The average Bonchev–Trinajstić information content (AvgIpc) is 2.84. The Balaban J connectivity index is 1.80. The van der Waals surface area contributed by atoms with E-state index in [9.17, 15) is 0 Å². The van der Waals surface area contributed by atoms with Crippen LogP contribution < -0.4 is 0 Å². The van der Waals surface area contributed by atoms with Crippen LogP contribution in [0.3, 0.4) is 0 Å². The third-order valence-corrected chi connectivity index (χ3v) is 8.45. The lowest BCUT2D eigenvalue weighted by atomic mass is 10.0. The van der Waals surface area contributed by atoms with Crippen molar-refractivity contribution >= 4 is 81.4 Å². The molecule has 0 aliphatic rings. The largest absolute Gasteiger partial charge is 0.192 e. The molecule has 0 aromatic heterocycles. The summed E-state index contributed by atoms with van der Waals surface area (Å²) in [5.41, 5.74) is 3.17. The molecule has 0 saturated heterocycles. The third kappa shape index (κ3) is 5.24. The van der Waals surface area contributed by atoms with E-state index in [-0.39, 0.29) is 0 Å². The molecule has 0 heterocycles. The fourth-order valence-corrected chi connectivity index (χ4v) is 6.23. The number of rotatable bonds is 4. The molecule has 9 heteroatoms. The van der Waals surface area contributed by atoms with Gasteiger partial charge in [-0.05, 0) is 48.5 Å². The van der Waals surface area contributed by atoms with E-state index >= 15 is 0 Å². The summed E-state index contributed by atoms with van der Waals surface area (Å²) in [7, 11) is 0. The zero-order valence-electron chi connectivity index (χ0n) is 17.3. The van der Waals surface area contributed by atoms with Gasteiger partial charge in [0.25, 0.3) is 0 Å². The van der Waals surface area contributed by atoms with Gasteiger partial charge in [-0.1, -0.05) is 93.5 Å². The highest BCUT2D eigenvalue weighted by Crippen LogP contribution is 2.49. The molecule has 0 aliphatic heterocycles. The number of hydrogen-bond acceptors (Lipinski definition) is 3. The van der Waals surface area contributed by atoms with Crippen LogP contribution in [0, 0.1) is 22.7 Å². The van der Waals surface area contributed by atoms with Gasteiger partial charge in [-0.25, -0.2) is 0 Å². The number of hydrogen-bond donors (Lipinski definition) is 0. The summed E-state index contributed by atoms with van der Waals surface area (Å²) >= 11 is 40.7. The van der Waals surface area contributed by atoms with E-state index in [0.29, 0.717) is 73.3 Å².